The average molecular weight is 352 g/mol. The molecule has 0 unspecified atom stereocenters. The zero-order valence-electron chi connectivity index (χ0n) is 15.6. The van der Waals surface area contributed by atoms with Crippen LogP contribution in [-0.4, -0.2) is 44.6 Å². The van der Waals surface area contributed by atoms with Crippen molar-refractivity contribution in [3.8, 4) is 0 Å². The van der Waals surface area contributed by atoms with Gasteiger partial charge in [0, 0.05) is 30.3 Å². The van der Waals surface area contributed by atoms with Crippen LogP contribution in [0.2, 0.25) is 0 Å². The highest BCUT2D eigenvalue weighted by Crippen LogP contribution is 2.23. The molecule has 0 spiro atoms. The van der Waals surface area contributed by atoms with Gasteiger partial charge in [-0.15, -0.1) is 0 Å². The van der Waals surface area contributed by atoms with Crippen molar-refractivity contribution >= 4 is 17.7 Å². The number of hydrazone groups is 1. The summed E-state index contributed by atoms with van der Waals surface area (Å²) in [7, 11) is 0. The summed E-state index contributed by atoms with van der Waals surface area (Å²) in [5.74, 6) is -0.234. The van der Waals surface area contributed by atoms with E-state index in [2.05, 4.69) is 58.1 Å². The first-order chi connectivity index (χ1) is 12.5. The number of aromatic nitrogens is 3. The van der Waals surface area contributed by atoms with E-state index in [0.29, 0.717) is 17.0 Å². The van der Waals surface area contributed by atoms with E-state index in [4.69, 9.17) is 0 Å². The van der Waals surface area contributed by atoms with Gasteiger partial charge < -0.3 is 4.98 Å². The smallest absolute Gasteiger partial charge is 0.273 e. The maximum atomic E-state index is 12.3. The topological polar surface area (TPSA) is 86.3 Å². The molecule has 3 heterocycles. The van der Waals surface area contributed by atoms with Crippen LogP contribution in [0.4, 0.5) is 0 Å². The highest BCUT2D eigenvalue weighted by Gasteiger charge is 2.26. The molecular weight excluding hydrogens is 328 g/mol. The van der Waals surface area contributed by atoms with E-state index in [1.54, 1.807) is 18.6 Å². The molecule has 1 aliphatic rings. The van der Waals surface area contributed by atoms with E-state index >= 15 is 0 Å². The lowest BCUT2D eigenvalue weighted by Crippen LogP contribution is -2.22. The molecule has 0 aromatic carbocycles. The molecule has 2 aromatic rings. The van der Waals surface area contributed by atoms with Crippen LogP contribution < -0.4 is 5.43 Å². The summed E-state index contributed by atoms with van der Waals surface area (Å²) in [6.45, 7) is 11.4. The monoisotopic (exact) mass is 352 g/mol. The summed E-state index contributed by atoms with van der Waals surface area (Å²) in [5.41, 5.74) is 8.57. The van der Waals surface area contributed by atoms with Gasteiger partial charge in [0.2, 0.25) is 0 Å². The fraction of sp³-hybridized carbons (Fsp3) is 0.368. The largest absolute Gasteiger partial charge is 0.359 e. The second-order valence-corrected chi connectivity index (χ2v) is 6.28. The molecule has 136 valence electrons. The van der Waals surface area contributed by atoms with Gasteiger partial charge in [-0.3, -0.25) is 19.7 Å². The molecule has 7 heteroatoms. The SMILES string of the molecule is CCN(CC)Cc1c(C)[nH]c(/C=C2/C(=O)NN=C2c2cnccn2)c1C. The fourth-order valence-corrected chi connectivity index (χ4v) is 3.10. The fourth-order valence-electron chi connectivity index (χ4n) is 3.10. The summed E-state index contributed by atoms with van der Waals surface area (Å²) < 4.78 is 0. The number of aryl methyl sites for hydroxylation is 1. The van der Waals surface area contributed by atoms with Crippen molar-refractivity contribution in [2.75, 3.05) is 13.1 Å². The second kappa shape index (κ2) is 7.61. The lowest BCUT2D eigenvalue weighted by atomic mass is 10.0. The van der Waals surface area contributed by atoms with Gasteiger partial charge in [0.25, 0.3) is 5.91 Å². The van der Waals surface area contributed by atoms with Crippen LogP contribution in [0.3, 0.4) is 0 Å². The highest BCUT2D eigenvalue weighted by atomic mass is 16.2. The van der Waals surface area contributed by atoms with E-state index < -0.39 is 0 Å². The Labute approximate surface area is 153 Å². The zero-order chi connectivity index (χ0) is 18.7. The quantitative estimate of drug-likeness (QED) is 0.780. The lowest BCUT2D eigenvalue weighted by molar-refractivity contribution is -0.116. The zero-order valence-corrected chi connectivity index (χ0v) is 15.6. The van der Waals surface area contributed by atoms with E-state index in [1.165, 1.54) is 5.56 Å². The maximum absolute atomic E-state index is 12.3. The van der Waals surface area contributed by atoms with Gasteiger partial charge in [0.1, 0.15) is 11.4 Å². The standard InChI is InChI=1S/C19H24N6O/c1-5-25(6-2)11-15-12(3)16(22-13(15)4)9-14-18(23-24-19(14)26)17-10-20-7-8-21-17/h7-10,22H,5-6,11H2,1-4H3,(H,24,26)/b14-9+. The molecule has 2 N–H and O–H groups in total. The van der Waals surface area contributed by atoms with E-state index in [1.807, 2.05) is 6.08 Å². The minimum Gasteiger partial charge on any atom is -0.359 e. The average Bonchev–Trinajstić information content (AvgIpc) is 3.14. The van der Waals surface area contributed by atoms with Gasteiger partial charge >= 0.3 is 0 Å². The van der Waals surface area contributed by atoms with Crippen LogP contribution >= 0.6 is 0 Å². The van der Waals surface area contributed by atoms with Crippen LogP contribution in [0.25, 0.3) is 6.08 Å². The third-order valence-electron chi connectivity index (χ3n) is 4.77. The number of nitrogens with one attached hydrogen (secondary N) is 2. The minimum absolute atomic E-state index is 0.234. The molecule has 2 aromatic heterocycles. The van der Waals surface area contributed by atoms with Crippen molar-refractivity contribution in [1.82, 2.24) is 25.3 Å². The number of hydrogen-bond donors (Lipinski definition) is 2. The molecule has 26 heavy (non-hydrogen) atoms. The molecule has 0 atom stereocenters. The number of aromatic amines is 1. The van der Waals surface area contributed by atoms with Gasteiger partial charge in [-0.1, -0.05) is 13.8 Å². The second-order valence-electron chi connectivity index (χ2n) is 6.28. The van der Waals surface area contributed by atoms with E-state index in [-0.39, 0.29) is 5.91 Å². The van der Waals surface area contributed by atoms with E-state index in [9.17, 15) is 4.79 Å². The van der Waals surface area contributed by atoms with Gasteiger partial charge in [-0.2, -0.15) is 5.10 Å². The number of amides is 1. The molecule has 0 saturated heterocycles. The molecule has 0 bridgehead atoms. The molecule has 1 amide bonds. The Morgan fingerprint density at radius 3 is 2.62 bits per heavy atom. The van der Waals surface area contributed by atoms with Crippen LogP contribution in [0.1, 0.15) is 42.1 Å². The maximum Gasteiger partial charge on any atom is 0.273 e. The normalized spacial score (nSPS) is 15.7. The number of hydrogen-bond acceptors (Lipinski definition) is 5. The van der Waals surface area contributed by atoms with Gasteiger partial charge in [0.05, 0.1) is 11.8 Å². The van der Waals surface area contributed by atoms with Crippen LogP contribution in [0.15, 0.2) is 29.3 Å². The Morgan fingerprint density at radius 1 is 1.19 bits per heavy atom. The van der Waals surface area contributed by atoms with Crippen molar-refractivity contribution in [3.63, 3.8) is 0 Å². The Kier molecular flexibility index (Phi) is 5.27. The summed E-state index contributed by atoms with van der Waals surface area (Å²) in [5, 5.41) is 4.12. The van der Waals surface area contributed by atoms with Crippen molar-refractivity contribution in [2.45, 2.75) is 34.2 Å². The molecule has 7 nitrogen and oxygen atoms in total. The summed E-state index contributed by atoms with van der Waals surface area (Å²) in [6, 6.07) is 0. The number of nitrogens with zero attached hydrogens (tertiary/aromatic N) is 4. The first-order valence-corrected chi connectivity index (χ1v) is 8.82. The molecule has 0 aliphatic carbocycles. The summed E-state index contributed by atoms with van der Waals surface area (Å²) >= 11 is 0. The molecular formula is C19H24N6O. The predicted molar refractivity (Wildman–Crippen MR) is 102 cm³/mol. The van der Waals surface area contributed by atoms with Gasteiger partial charge in [-0.25, -0.2) is 5.43 Å². The molecule has 0 fully saturated rings. The van der Waals surface area contributed by atoms with Crippen molar-refractivity contribution in [2.24, 2.45) is 5.10 Å². The molecule has 0 radical (unpaired) electrons. The van der Waals surface area contributed by atoms with Crippen LogP contribution in [0, 0.1) is 13.8 Å². The Morgan fingerprint density at radius 2 is 1.96 bits per heavy atom. The highest BCUT2D eigenvalue weighted by molar-refractivity contribution is 6.32. The number of rotatable bonds is 6. The number of H-pyrrole nitrogens is 1. The van der Waals surface area contributed by atoms with E-state index in [0.717, 1.165) is 36.6 Å². The Bertz CT molecular complexity index is 862. The van der Waals surface area contributed by atoms with Crippen LogP contribution in [0.5, 0.6) is 0 Å². The Balaban J connectivity index is 1.96. The van der Waals surface area contributed by atoms with Crippen molar-refractivity contribution < 1.29 is 4.79 Å². The van der Waals surface area contributed by atoms with Crippen LogP contribution in [-0.2, 0) is 11.3 Å². The number of carbonyl (C=O) groups excluding carboxylic acids is 1. The Hall–Kier alpha value is -2.80. The summed E-state index contributed by atoms with van der Waals surface area (Å²) in [4.78, 5) is 26.4. The predicted octanol–water partition coefficient (Wildman–Crippen LogP) is 2.18. The van der Waals surface area contributed by atoms with Gasteiger partial charge in [-0.05, 0) is 44.1 Å². The van der Waals surface area contributed by atoms with Gasteiger partial charge in [0.15, 0.2) is 0 Å². The first kappa shape index (κ1) is 18.0. The summed E-state index contributed by atoms with van der Waals surface area (Å²) in [6.07, 6.45) is 6.63. The third kappa shape index (κ3) is 3.43. The minimum atomic E-state index is -0.234. The molecule has 1 aliphatic heterocycles. The lowest BCUT2D eigenvalue weighted by Gasteiger charge is -2.18. The number of carbonyl (C=O) groups is 1. The van der Waals surface area contributed by atoms with Crippen molar-refractivity contribution in [1.29, 1.82) is 0 Å². The molecule has 0 saturated carbocycles. The third-order valence-corrected chi connectivity index (χ3v) is 4.77. The van der Waals surface area contributed by atoms with Crippen molar-refractivity contribution in [3.05, 3.63) is 52.4 Å². The molecule has 3 rings (SSSR count). The first-order valence-electron chi connectivity index (χ1n) is 8.82.